The zero-order valence-corrected chi connectivity index (χ0v) is 11.0. The Morgan fingerprint density at radius 1 is 1.06 bits per heavy atom. The number of anilines is 1. The van der Waals surface area contributed by atoms with Crippen molar-refractivity contribution in [1.82, 2.24) is 0 Å². The van der Waals surface area contributed by atoms with Gasteiger partial charge in [0.25, 0.3) is 0 Å². The fourth-order valence-corrected chi connectivity index (χ4v) is 1.95. The first-order chi connectivity index (χ1) is 8.56. The van der Waals surface area contributed by atoms with Gasteiger partial charge in [-0.2, -0.15) is 0 Å². The molecule has 2 N–H and O–H groups in total. The van der Waals surface area contributed by atoms with Crippen LogP contribution >= 0.6 is 23.2 Å². The van der Waals surface area contributed by atoms with Crippen LogP contribution in [0.1, 0.15) is 15.9 Å². The molecule has 92 valence electrons. The van der Waals surface area contributed by atoms with Gasteiger partial charge in [-0.3, -0.25) is 4.79 Å². The monoisotopic (exact) mass is 279 g/mol. The number of nitrogen functional groups attached to an aromatic ring is 1. The van der Waals surface area contributed by atoms with Crippen LogP contribution in [0.5, 0.6) is 0 Å². The largest absolute Gasteiger partial charge is 0.399 e. The molecular weight excluding hydrogens is 269 g/mol. The fraction of sp³-hybridized carbons (Fsp3) is 0.0714. The van der Waals surface area contributed by atoms with Crippen LogP contribution in [0.3, 0.4) is 0 Å². The molecule has 0 radical (unpaired) electrons. The van der Waals surface area contributed by atoms with E-state index in [1.807, 2.05) is 0 Å². The first-order valence-corrected chi connectivity index (χ1v) is 6.14. The summed E-state index contributed by atoms with van der Waals surface area (Å²) in [7, 11) is 0. The number of hydrogen-bond acceptors (Lipinski definition) is 2. The van der Waals surface area contributed by atoms with Crippen LogP contribution in [0.15, 0.2) is 42.5 Å². The molecule has 0 fully saturated rings. The SMILES string of the molecule is Nc1ccc(Cl)c(CC(=O)c2ccc(Cl)cc2)c1. The van der Waals surface area contributed by atoms with Gasteiger partial charge >= 0.3 is 0 Å². The van der Waals surface area contributed by atoms with Gasteiger partial charge in [0.1, 0.15) is 0 Å². The van der Waals surface area contributed by atoms with E-state index in [0.29, 0.717) is 21.3 Å². The molecule has 0 saturated carbocycles. The van der Waals surface area contributed by atoms with Crippen molar-refractivity contribution in [3.8, 4) is 0 Å². The van der Waals surface area contributed by atoms with Crippen LogP contribution < -0.4 is 5.73 Å². The average Bonchev–Trinajstić information content (AvgIpc) is 2.34. The van der Waals surface area contributed by atoms with Gasteiger partial charge < -0.3 is 5.73 Å². The molecule has 0 aliphatic heterocycles. The highest BCUT2D eigenvalue weighted by Crippen LogP contribution is 2.21. The number of halogens is 2. The maximum absolute atomic E-state index is 12.0. The van der Waals surface area contributed by atoms with Crippen molar-refractivity contribution in [2.45, 2.75) is 6.42 Å². The number of carbonyl (C=O) groups is 1. The normalized spacial score (nSPS) is 10.3. The molecule has 0 bridgehead atoms. The van der Waals surface area contributed by atoms with Gasteiger partial charge in [0.05, 0.1) is 0 Å². The molecule has 0 saturated heterocycles. The molecule has 2 nitrogen and oxygen atoms in total. The summed E-state index contributed by atoms with van der Waals surface area (Å²) in [6, 6.07) is 11.9. The lowest BCUT2D eigenvalue weighted by Gasteiger charge is -2.05. The number of hydrogen-bond donors (Lipinski definition) is 1. The summed E-state index contributed by atoms with van der Waals surface area (Å²) in [6.07, 6.45) is 0.228. The molecule has 2 aromatic rings. The molecule has 18 heavy (non-hydrogen) atoms. The molecule has 0 aliphatic rings. The molecule has 0 heterocycles. The van der Waals surface area contributed by atoms with E-state index in [1.165, 1.54) is 0 Å². The van der Waals surface area contributed by atoms with Gasteiger partial charge in [0.2, 0.25) is 0 Å². The van der Waals surface area contributed by atoms with Crippen LogP contribution in [0.4, 0.5) is 5.69 Å². The summed E-state index contributed by atoms with van der Waals surface area (Å²) in [6.45, 7) is 0. The maximum Gasteiger partial charge on any atom is 0.167 e. The Bertz CT molecular complexity index is 579. The van der Waals surface area contributed by atoms with E-state index in [1.54, 1.807) is 42.5 Å². The third kappa shape index (κ3) is 3.03. The Morgan fingerprint density at radius 2 is 1.72 bits per heavy atom. The fourth-order valence-electron chi connectivity index (χ4n) is 1.64. The predicted molar refractivity (Wildman–Crippen MR) is 75.4 cm³/mol. The minimum Gasteiger partial charge on any atom is -0.399 e. The van der Waals surface area contributed by atoms with Gasteiger partial charge in [-0.05, 0) is 48.0 Å². The molecule has 0 spiro atoms. The summed E-state index contributed by atoms with van der Waals surface area (Å²) in [4.78, 5) is 12.0. The highest BCUT2D eigenvalue weighted by molar-refractivity contribution is 6.31. The van der Waals surface area contributed by atoms with E-state index in [2.05, 4.69) is 0 Å². The van der Waals surface area contributed by atoms with E-state index >= 15 is 0 Å². The lowest BCUT2D eigenvalue weighted by atomic mass is 10.0. The van der Waals surface area contributed by atoms with Gasteiger partial charge in [-0.1, -0.05) is 23.2 Å². The first-order valence-electron chi connectivity index (χ1n) is 5.39. The van der Waals surface area contributed by atoms with Crippen molar-refractivity contribution in [2.24, 2.45) is 0 Å². The number of rotatable bonds is 3. The van der Waals surface area contributed by atoms with Crippen molar-refractivity contribution in [2.75, 3.05) is 5.73 Å². The molecule has 0 atom stereocenters. The molecule has 0 aromatic heterocycles. The zero-order chi connectivity index (χ0) is 13.1. The number of ketones is 1. The van der Waals surface area contributed by atoms with Crippen molar-refractivity contribution in [3.63, 3.8) is 0 Å². The lowest BCUT2D eigenvalue weighted by Crippen LogP contribution is -2.04. The number of Topliss-reactive ketones (excluding diaryl/α,β-unsaturated/α-hetero) is 1. The van der Waals surface area contributed by atoms with Crippen molar-refractivity contribution in [1.29, 1.82) is 0 Å². The van der Waals surface area contributed by atoms with Crippen molar-refractivity contribution < 1.29 is 4.79 Å². The van der Waals surface area contributed by atoms with Gasteiger partial charge in [-0.25, -0.2) is 0 Å². The summed E-state index contributed by atoms with van der Waals surface area (Å²) < 4.78 is 0. The second kappa shape index (κ2) is 5.42. The lowest BCUT2D eigenvalue weighted by molar-refractivity contribution is 0.0993. The molecular formula is C14H11Cl2NO. The Hall–Kier alpha value is -1.51. The highest BCUT2D eigenvalue weighted by Gasteiger charge is 2.10. The van der Waals surface area contributed by atoms with E-state index in [0.717, 1.165) is 5.56 Å². The summed E-state index contributed by atoms with van der Waals surface area (Å²) >= 11 is 11.8. The van der Waals surface area contributed by atoms with Crippen molar-refractivity contribution in [3.05, 3.63) is 63.6 Å². The summed E-state index contributed by atoms with van der Waals surface area (Å²) in [5.74, 6) is -0.0147. The van der Waals surface area contributed by atoms with E-state index < -0.39 is 0 Å². The van der Waals surface area contributed by atoms with Crippen LogP contribution in [-0.4, -0.2) is 5.78 Å². The first kappa shape index (κ1) is 12.9. The quantitative estimate of drug-likeness (QED) is 0.682. The Morgan fingerprint density at radius 3 is 2.39 bits per heavy atom. The predicted octanol–water partition coefficient (Wildman–Crippen LogP) is 4.00. The van der Waals surface area contributed by atoms with Crippen LogP contribution in [0.2, 0.25) is 10.0 Å². The van der Waals surface area contributed by atoms with E-state index in [4.69, 9.17) is 28.9 Å². The number of carbonyl (C=O) groups excluding carboxylic acids is 1. The molecule has 2 rings (SSSR count). The van der Waals surface area contributed by atoms with Crippen LogP contribution in [0.25, 0.3) is 0 Å². The molecule has 0 amide bonds. The topological polar surface area (TPSA) is 43.1 Å². The number of nitrogens with two attached hydrogens (primary N) is 1. The minimum atomic E-state index is -0.0147. The Labute approximate surface area is 115 Å². The van der Waals surface area contributed by atoms with Crippen molar-refractivity contribution >= 4 is 34.7 Å². The average molecular weight is 280 g/mol. The second-order valence-corrected chi connectivity index (χ2v) is 4.80. The highest BCUT2D eigenvalue weighted by atomic mass is 35.5. The van der Waals surface area contributed by atoms with Crippen LogP contribution in [0, 0.1) is 0 Å². The maximum atomic E-state index is 12.0. The third-order valence-electron chi connectivity index (χ3n) is 2.59. The number of benzene rings is 2. The smallest absolute Gasteiger partial charge is 0.167 e. The van der Waals surface area contributed by atoms with E-state index in [9.17, 15) is 4.79 Å². The van der Waals surface area contributed by atoms with Gasteiger partial charge in [0.15, 0.2) is 5.78 Å². The summed E-state index contributed by atoms with van der Waals surface area (Å²) in [5, 5.41) is 1.15. The molecule has 2 aromatic carbocycles. The third-order valence-corrected chi connectivity index (χ3v) is 3.21. The van der Waals surface area contributed by atoms with Crippen LogP contribution in [-0.2, 0) is 6.42 Å². The van der Waals surface area contributed by atoms with Gasteiger partial charge in [0, 0.05) is 27.7 Å². The molecule has 4 heteroatoms. The Balaban J connectivity index is 2.21. The minimum absolute atomic E-state index is 0.0147. The standard InChI is InChI=1S/C14H11Cl2NO/c15-11-3-1-9(2-4-11)14(18)8-10-7-12(17)5-6-13(10)16/h1-7H,8,17H2. The zero-order valence-electron chi connectivity index (χ0n) is 9.49. The Kier molecular flexibility index (Phi) is 3.90. The van der Waals surface area contributed by atoms with Gasteiger partial charge in [-0.15, -0.1) is 0 Å². The molecule has 0 unspecified atom stereocenters. The van der Waals surface area contributed by atoms with E-state index in [-0.39, 0.29) is 12.2 Å². The summed E-state index contributed by atoms with van der Waals surface area (Å²) in [5.41, 5.74) is 7.61. The molecule has 0 aliphatic carbocycles. The second-order valence-electron chi connectivity index (χ2n) is 3.96.